The van der Waals surface area contributed by atoms with Crippen molar-refractivity contribution >= 4 is 34.7 Å². The lowest BCUT2D eigenvalue weighted by Gasteiger charge is -2.29. The van der Waals surface area contributed by atoms with E-state index in [0.29, 0.717) is 11.0 Å². The van der Waals surface area contributed by atoms with Crippen molar-refractivity contribution in [3.8, 4) is 0 Å². The molecule has 0 bridgehead atoms. The molecule has 0 aliphatic heterocycles. The Kier molecular flexibility index (Phi) is 5.96. The summed E-state index contributed by atoms with van der Waals surface area (Å²) in [7, 11) is 2.11. The molecule has 0 fully saturated rings. The van der Waals surface area contributed by atoms with Crippen LogP contribution in [0.15, 0.2) is 23.1 Å². The highest BCUT2D eigenvalue weighted by atomic mass is 32.2. The van der Waals surface area contributed by atoms with Gasteiger partial charge in [0.15, 0.2) is 0 Å². The summed E-state index contributed by atoms with van der Waals surface area (Å²) >= 11 is 6.90. The zero-order valence-electron chi connectivity index (χ0n) is 11.6. The molecular weight excluding hydrogens is 260 g/mol. The molecule has 2 N–H and O–H groups in total. The molecular formula is C14H22N2S2. The zero-order valence-corrected chi connectivity index (χ0v) is 13.2. The third kappa shape index (κ3) is 3.39. The summed E-state index contributed by atoms with van der Waals surface area (Å²) < 4.78 is 0. The Balaban J connectivity index is 3.19. The van der Waals surface area contributed by atoms with Crippen LogP contribution in [0.3, 0.4) is 0 Å². The third-order valence-corrected chi connectivity index (χ3v) is 4.20. The Morgan fingerprint density at radius 1 is 1.50 bits per heavy atom. The van der Waals surface area contributed by atoms with Crippen LogP contribution >= 0.6 is 24.0 Å². The second-order valence-corrected chi connectivity index (χ2v) is 5.76. The molecule has 0 heterocycles. The Hall–Kier alpha value is -0.740. The second kappa shape index (κ2) is 7.00. The van der Waals surface area contributed by atoms with Gasteiger partial charge in [0.2, 0.25) is 0 Å². The van der Waals surface area contributed by atoms with Crippen molar-refractivity contribution < 1.29 is 0 Å². The fourth-order valence-corrected chi connectivity index (χ4v) is 2.99. The molecule has 4 heteroatoms. The summed E-state index contributed by atoms with van der Waals surface area (Å²) in [4.78, 5) is 3.90. The van der Waals surface area contributed by atoms with Crippen LogP contribution in [0.4, 0.5) is 5.69 Å². The predicted molar refractivity (Wildman–Crippen MR) is 86.9 cm³/mol. The van der Waals surface area contributed by atoms with E-state index in [-0.39, 0.29) is 0 Å². The Labute approximate surface area is 120 Å². The van der Waals surface area contributed by atoms with Gasteiger partial charge in [-0.2, -0.15) is 0 Å². The number of hydrogen-bond donors (Lipinski definition) is 1. The molecule has 0 spiro atoms. The molecule has 1 atom stereocenters. The molecule has 0 saturated heterocycles. The van der Waals surface area contributed by atoms with Gasteiger partial charge in [-0.15, -0.1) is 11.8 Å². The first-order valence-electron chi connectivity index (χ1n) is 6.22. The van der Waals surface area contributed by atoms with Crippen LogP contribution in [-0.4, -0.2) is 24.3 Å². The highest BCUT2D eigenvalue weighted by molar-refractivity contribution is 7.98. The van der Waals surface area contributed by atoms with Crippen LogP contribution in [0.2, 0.25) is 0 Å². The number of thioether (sulfide) groups is 1. The maximum absolute atomic E-state index is 5.89. The van der Waals surface area contributed by atoms with Crippen LogP contribution in [0.25, 0.3) is 0 Å². The zero-order chi connectivity index (χ0) is 13.7. The number of thiocarbonyl (C=S) groups is 1. The van der Waals surface area contributed by atoms with Crippen molar-refractivity contribution in [1.29, 1.82) is 0 Å². The maximum atomic E-state index is 5.89. The highest BCUT2D eigenvalue weighted by Gasteiger charge is 2.17. The Bertz CT molecular complexity index is 418. The van der Waals surface area contributed by atoms with E-state index < -0.39 is 0 Å². The van der Waals surface area contributed by atoms with Crippen LogP contribution in [0, 0.1) is 0 Å². The van der Waals surface area contributed by atoms with E-state index >= 15 is 0 Å². The van der Waals surface area contributed by atoms with Gasteiger partial charge >= 0.3 is 0 Å². The second-order valence-electron chi connectivity index (χ2n) is 4.47. The lowest BCUT2D eigenvalue weighted by molar-refractivity contribution is 0.615. The summed E-state index contributed by atoms with van der Waals surface area (Å²) in [5.41, 5.74) is 8.03. The number of nitrogens with two attached hydrogens (primary N) is 1. The van der Waals surface area contributed by atoms with E-state index in [9.17, 15) is 0 Å². The first-order chi connectivity index (χ1) is 8.52. The van der Waals surface area contributed by atoms with Crippen LogP contribution in [0.1, 0.15) is 32.3 Å². The van der Waals surface area contributed by atoms with E-state index in [2.05, 4.69) is 50.2 Å². The molecule has 18 heavy (non-hydrogen) atoms. The number of rotatable bonds is 6. The monoisotopic (exact) mass is 282 g/mol. The van der Waals surface area contributed by atoms with E-state index in [1.807, 2.05) is 0 Å². The molecule has 1 unspecified atom stereocenters. The summed E-state index contributed by atoms with van der Waals surface area (Å²) in [6.45, 7) is 4.44. The summed E-state index contributed by atoms with van der Waals surface area (Å²) in [6, 6.07) is 6.72. The van der Waals surface area contributed by atoms with Gasteiger partial charge in [0.05, 0.1) is 0 Å². The first-order valence-corrected chi connectivity index (χ1v) is 7.85. The van der Waals surface area contributed by atoms with Crippen LogP contribution in [-0.2, 0) is 0 Å². The minimum atomic E-state index is 0.477. The van der Waals surface area contributed by atoms with Crippen LogP contribution < -0.4 is 10.6 Å². The van der Waals surface area contributed by atoms with Crippen molar-refractivity contribution in [2.24, 2.45) is 5.73 Å². The largest absolute Gasteiger partial charge is 0.389 e. The molecule has 1 aromatic carbocycles. The van der Waals surface area contributed by atoms with Gasteiger partial charge in [0, 0.05) is 29.2 Å². The molecule has 100 valence electrons. The molecule has 1 aromatic rings. The molecule has 1 rings (SSSR count). The topological polar surface area (TPSA) is 29.3 Å². The third-order valence-electron chi connectivity index (χ3n) is 3.22. The van der Waals surface area contributed by atoms with Gasteiger partial charge in [-0.05, 0) is 31.7 Å². The molecule has 0 aliphatic carbocycles. The minimum Gasteiger partial charge on any atom is -0.389 e. The number of anilines is 1. The predicted octanol–water partition coefficient (Wildman–Crippen LogP) is 3.67. The van der Waals surface area contributed by atoms with Crippen molar-refractivity contribution in [3.63, 3.8) is 0 Å². The molecule has 0 aromatic heterocycles. The molecule has 0 amide bonds. The van der Waals surface area contributed by atoms with Gasteiger partial charge in [-0.3, -0.25) is 0 Å². The van der Waals surface area contributed by atoms with Gasteiger partial charge < -0.3 is 10.6 Å². The lowest BCUT2D eigenvalue weighted by Crippen LogP contribution is -2.31. The molecule has 0 saturated carbocycles. The van der Waals surface area contributed by atoms with Crippen molar-refractivity contribution in [2.45, 2.75) is 37.6 Å². The first kappa shape index (κ1) is 15.3. The Morgan fingerprint density at radius 3 is 2.67 bits per heavy atom. The van der Waals surface area contributed by atoms with Crippen molar-refractivity contribution in [2.75, 3.05) is 18.2 Å². The van der Waals surface area contributed by atoms with Crippen LogP contribution in [0.5, 0.6) is 0 Å². The summed E-state index contributed by atoms with van der Waals surface area (Å²) in [5.74, 6) is 0. The SMILES string of the molecule is CCCC(C)N(C)c1cccc(SC)c1C(N)=S. The Morgan fingerprint density at radius 2 is 2.17 bits per heavy atom. The molecule has 2 nitrogen and oxygen atoms in total. The maximum Gasteiger partial charge on any atom is 0.107 e. The molecule has 0 radical (unpaired) electrons. The van der Waals surface area contributed by atoms with Crippen molar-refractivity contribution in [3.05, 3.63) is 23.8 Å². The lowest BCUT2D eigenvalue weighted by atomic mass is 10.1. The van der Waals surface area contributed by atoms with Gasteiger partial charge in [0.1, 0.15) is 4.99 Å². The smallest absolute Gasteiger partial charge is 0.107 e. The fraction of sp³-hybridized carbons (Fsp3) is 0.500. The van der Waals surface area contributed by atoms with Gasteiger partial charge in [-0.25, -0.2) is 0 Å². The van der Waals surface area contributed by atoms with E-state index in [1.165, 1.54) is 6.42 Å². The van der Waals surface area contributed by atoms with Gasteiger partial charge in [-0.1, -0.05) is 31.6 Å². The van der Waals surface area contributed by atoms with E-state index in [0.717, 1.165) is 22.6 Å². The molecule has 0 aliphatic rings. The number of hydrogen-bond acceptors (Lipinski definition) is 3. The standard InChI is InChI=1S/C14H22N2S2/c1-5-7-10(2)16(3)11-8-6-9-12(18-4)13(11)14(15)17/h6,8-10H,5,7H2,1-4H3,(H2,15,17). The average Bonchev–Trinajstić information content (AvgIpc) is 2.36. The number of nitrogens with zero attached hydrogens (tertiary/aromatic N) is 1. The van der Waals surface area contributed by atoms with E-state index in [4.69, 9.17) is 18.0 Å². The van der Waals surface area contributed by atoms with E-state index in [1.54, 1.807) is 11.8 Å². The quantitative estimate of drug-likeness (QED) is 0.637. The minimum absolute atomic E-state index is 0.477. The normalized spacial score (nSPS) is 12.2. The van der Waals surface area contributed by atoms with Gasteiger partial charge in [0.25, 0.3) is 0 Å². The fourth-order valence-electron chi connectivity index (χ4n) is 2.08. The summed E-state index contributed by atoms with van der Waals surface area (Å²) in [6.07, 6.45) is 4.39. The summed E-state index contributed by atoms with van der Waals surface area (Å²) in [5, 5.41) is 0. The number of benzene rings is 1. The average molecular weight is 282 g/mol. The van der Waals surface area contributed by atoms with Crippen molar-refractivity contribution in [1.82, 2.24) is 0 Å². The highest BCUT2D eigenvalue weighted by Crippen LogP contribution is 2.30.